The van der Waals surface area contributed by atoms with Gasteiger partial charge in [-0.25, -0.2) is 4.98 Å². The number of hydrogen-bond donors (Lipinski definition) is 0. The first kappa shape index (κ1) is 15.4. The van der Waals surface area contributed by atoms with Crippen molar-refractivity contribution >= 4 is 39.2 Å². The summed E-state index contributed by atoms with van der Waals surface area (Å²) in [4.78, 5) is 21.7. The topological polar surface area (TPSA) is 36.4 Å². The number of thiazole rings is 1. The van der Waals surface area contributed by atoms with Gasteiger partial charge in [0.15, 0.2) is 0 Å². The minimum absolute atomic E-state index is 0.228. The fourth-order valence-electron chi connectivity index (χ4n) is 3.28. The number of piperazine rings is 1. The van der Waals surface area contributed by atoms with Gasteiger partial charge in [0.25, 0.3) is 0 Å². The monoisotopic (exact) mass is 347 g/mol. The molecule has 1 unspecified atom stereocenters. The fraction of sp³-hybridized carbons (Fsp3) is 0.529. The van der Waals surface area contributed by atoms with Crippen LogP contribution in [0.15, 0.2) is 24.3 Å². The van der Waals surface area contributed by atoms with Crippen molar-refractivity contribution in [3.05, 3.63) is 29.3 Å². The summed E-state index contributed by atoms with van der Waals surface area (Å²) in [6.07, 6.45) is 2.26. The highest BCUT2D eigenvalue weighted by molar-refractivity contribution is 8.00. The zero-order chi connectivity index (χ0) is 15.6. The molecule has 6 heteroatoms. The fourth-order valence-corrected chi connectivity index (χ4v) is 5.53. The van der Waals surface area contributed by atoms with E-state index in [1.807, 2.05) is 17.8 Å². The van der Waals surface area contributed by atoms with E-state index in [0.29, 0.717) is 5.91 Å². The molecule has 2 fully saturated rings. The van der Waals surface area contributed by atoms with Crippen molar-refractivity contribution in [2.75, 3.05) is 31.9 Å². The van der Waals surface area contributed by atoms with Crippen LogP contribution >= 0.6 is 23.1 Å². The van der Waals surface area contributed by atoms with E-state index in [9.17, 15) is 4.79 Å². The van der Waals surface area contributed by atoms with Gasteiger partial charge in [0.05, 0.1) is 22.0 Å². The van der Waals surface area contributed by atoms with Crippen LogP contribution in [-0.4, -0.2) is 57.9 Å². The predicted molar refractivity (Wildman–Crippen MR) is 97.0 cm³/mol. The van der Waals surface area contributed by atoms with E-state index in [-0.39, 0.29) is 5.25 Å². The van der Waals surface area contributed by atoms with Gasteiger partial charge in [0.1, 0.15) is 5.01 Å². The SMILES string of the molecule is O=C(C1CCCS1)N1CCN(Cc2nc3ccccc3s2)CC1. The summed E-state index contributed by atoms with van der Waals surface area (Å²) in [5.41, 5.74) is 1.10. The number of fused-ring (bicyclic) bond motifs is 1. The molecule has 1 aromatic carbocycles. The highest BCUT2D eigenvalue weighted by atomic mass is 32.2. The van der Waals surface area contributed by atoms with Crippen LogP contribution in [0, 0.1) is 0 Å². The van der Waals surface area contributed by atoms with Crippen LogP contribution in [0.4, 0.5) is 0 Å². The molecule has 0 radical (unpaired) electrons. The van der Waals surface area contributed by atoms with Gasteiger partial charge in [0, 0.05) is 26.2 Å². The summed E-state index contributed by atoms with van der Waals surface area (Å²) in [5.74, 6) is 1.51. The second-order valence-corrected chi connectivity index (χ2v) is 8.60. The first-order valence-electron chi connectivity index (χ1n) is 8.27. The standard InChI is InChI=1S/C17H21N3OS2/c21-17(15-6-3-11-22-15)20-9-7-19(8-10-20)12-16-18-13-4-1-2-5-14(13)23-16/h1-2,4-5,15H,3,6-12H2. The second kappa shape index (κ2) is 6.79. The molecule has 23 heavy (non-hydrogen) atoms. The molecule has 0 spiro atoms. The van der Waals surface area contributed by atoms with E-state index in [2.05, 4.69) is 28.0 Å². The maximum absolute atomic E-state index is 12.5. The minimum Gasteiger partial charge on any atom is -0.339 e. The van der Waals surface area contributed by atoms with Crippen molar-refractivity contribution < 1.29 is 4.79 Å². The predicted octanol–water partition coefficient (Wildman–Crippen LogP) is 2.84. The van der Waals surface area contributed by atoms with Gasteiger partial charge in [-0.15, -0.1) is 23.1 Å². The lowest BCUT2D eigenvalue weighted by Gasteiger charge is -2.35. The van der Waals surface area contributed by atoms with E-state index in [1.54, 1.807) is 11.3 Å². The highest BCUT2D eigenvalue weighted by Crippen LogP contribution is 2.28. The smallest absolute Gasteiger partial charge is 0.235 e. The summed E-state index contributed by atoms with van der Waals surface area (Å²) in [6, 6.07) is 8.31. The molecule has 2 aliphatic rings. The van der Waals surface area contributed by atoms with Crippen molar-refractivity contribution in [1.82, 2.24) is 14.8 Å². The molecule has 2 aromatic rings. The highest BCUT2D eigenvalue weighted by Gasteiger charge is 2.30. The van der Waals surface area contributed by atoms with Crippen molar-refractivity contribution in [3.8, 4) is 0 Å². The molecule has 0 N–H and O–H groups in total. The molecule has 2 saturated heterocycles. The summed E-state index contributed by atoms with van der Waals surface area (Å²) in [7, 11) is 0. The number of para-hydroxylation sites is 1. The van der Waals surface area contributed by atoms with Crippen LogP contribution in [0.5, 0.6) is 0 Å². The van der Waals surface area contributed by atoms with E-state index in [1.165, 1.54) is 16.1 Å². The molecule has 1 amide bonds. The number of nitrogens with zero attached hydrogens (tertiary/aromatic N) is 3. The summed E-state index contributed by atoms with van der Waals surface area (Å²) in [5, 5.41) is 1.41. The van der Waals surface area contributed by atoms with Crippen LogP contribution in [-0.2, 0) is 11.3 Å². The number of benzene rings is 1. The maximum atomic E-state index is 12.5. The van der Waals surface area contributed by atoms with Gasteiger partial charge >= 0.3 is 0 Å². The Kier molecular flexibility index (Phi) is 4.55. The molecule has 0 bridgehead atoms. The van der Waals surface area contributed by atoms with Crippen LogP contribution in [0.1, 0.15) is 17.8 Å². The van der Waals surface area contributed by atoms with Gasteiger partial charge in [0.2, 0.25) is 5.91 Å². The third kappa shape index (κ3) is 3.39. The van der Waals surface area contributed by atoms with Gasteiger partial charge < -0.3 is 4.90 Å². The van der Waals surface area contributed by atoms with Gasteiger partial charge in [-0.3, -0.25) is 9.69 Å². The van der Waals surface area contributed by atoms with E-state index in [0.717, 1.165) is 50.4 Å². The van der Waals surface area contributed by atoms with Crippen LogP contribution < -0.4 is 0 Å². The third-order valence-electron chi connectivity index (χ3n) is 4.59. The lowest BCUT2D eigenvalue weighted by Crippen LogP contribution is -2.50. The lowest BCUT2D eigenvalue weighted by molar-refractivity contribution is -0.132. The molecular weight excluding hydrogens is 326 g/mol. The number of rotatable bonds is 3. The van der Waals surface area contributed by atoms with Crippen molar-refractivity contribution in [3.63, 3.8) is 0 Å². The quantitative estimate of drug-likeness (QED) is 0.855. The normalized spacial score (nSPS) is 22.8. The second-order valence-electron chi connectivity index (χ2n) is 6.18. The molecule has 1 atom stereocenters. The summed E-state index contributed by atoms with van der Waals surface area (Å²) < 4.78 is 1.26. The van der Waals surface area contributed by atoms with E-state index in [4.69, 9.17) is 4.98 Å². The Hall–Kier alpha value is -1.11. The number of aromatic nitrogens is 1. The van der Waals surface area contributed by atoms with Gasteiger partial charge in [-0.2, -0.15) is 0 Å². The zero-order valence-electron chi connectivity index (χ0n) is 13.1. The first-order chi connectivity index (χ1) is 11.3. The van der Waals surface area contributed by atoms with Crippen LogP contribution in [0.3, 0.4) is 0 Å². The molecule has 4 nitrogen and oxygen atoms in total. The Morgan fingerprint density at radius 1 is 1.22 bits per heavy atom. The average molecular weight is 348 g/mol. The van der Waals surface area contributed by atoms with Crippen molar-refractivity contribution in [2.24, 2.45) is 0 Å². The Morgan fingerprint density at radius 3 is 2.78 bits per heavy atom. The third-order valence-corrected chi connectivity index (χ3v) is 6.97. The lowest BCUT2D eigenvalue weighted by atomic mass is 10.2. The Bertz CT molecular complexity index is 655. The number of carbonyl (C=O) groups excluding carboxylic acids is 1. The van der Waals surface area contributed by atoms with Crippen molar-refractivity contribution in [2.45, 2.75) is 24.6 Å². The Labute approximate surface area is 144 Å². The maximum Gasteiger partial charge on any atom is 0.235 e. The minimum atomic E-state index is 0.228. The molecule has 3 heterocycles. The molecule has 2 aliphatic heterocycles. The van der Waals surface area contributed by atoms with Crippen LogP contribution in [0.25, 0.3) is 10.2 Å². The number of thioether (sulfide) groups is 1. The first-order valence-corrected chi connectivity index (χ1v) is 10.1. The molecule has 0 aliphatic carbocycles. The van der Waals surface area contributed by atoms with Crippen molar-refractivity contribution in [1.29, 1.82) is 0 Å². The van der Waals surface area contributed by atoms with Gasteiger partial charge in [-0.05, 0) is 30.7 Å². The molecular formula is C17H21N3OS2. The summed E-state index contributed by atoms with van der Waals surface area (Å²) >= 11 is 3.62. The largest absolute Gasteiger partial charge is 0.339 e. The van der Waals surface area contributed by atoms with Gasteiger partial charge in [-0.1, -0.05) is 12.1 Å². The average Bonchev–Trinajstić information content (AvgIpc) is 3.24. The van der Waals surface area contributed by atoms with E-state index >= 15 is 0 Å². The molecule has 0 saturated carbocycles. The number of amides is 1. The van der Waals surface area contributed by atoms with E-state index < -0.39 is 0 Å². The summed E-state index contributed by atoms with van der Waals surface area (Å²) in [6.45, 7) is 4.54. The Balaban J connectivity index is 1.33. The number of hydrogen-bond acceptors (Lipinski definition) is 5. The van der Waals surface area contributed by atoms with Crippen LogP contribution in [0.2, 0.25) is 0 Å². The zero-order valence-corrected chi connectivity index (χ0v) is 14.7. The molecule has 1 aromatic heterocycles. The number of carbonyl (C=O) groups is 1. The molecule has 4 rings (SSSR count). The molecule has 122 valence electrons. The Morgan fingerprint density at radius 2 is 2.04 bits per heavy atom.